The van der Waals surface area contributed by atoms with E-state index in [0.717, 1.165) is 17.5 Å². The smallest absolute Gasteiger partial charge is 0.243 e. The summed E-state index contributed by atoms with van der Waals surface area (Å²) in [6, 6.07) is 5.50. The zero-order chi connectivity index (χ0) is 14.2. The number of aryl methyl sites for hydroxylation is 2. The lowest BCUT2D eigenvalue weighted by atomic mass is 10.0. The van der Waals surface area contributed by atoms with E-state index in [9.17, 15) is 8.42 Å². The summed E-state index contributed by atoms with van der Waals surface area (Å²) in [7, 11) is -3.37. The largest absolute Gasteiger partial charge is 0.328 e. The molecule has 1 fully saturated rings. The van der Waals surface area contributed by atoms with Gasteiger partial charge in [-0.2, -0.15) is 4.31 Å². The monoisotopic (exact) mass is 318 g/mol. The van der Waals surface area contributed by atoms with Gasteiger partial charge in [0.15, 0.2) is 0 Å². The summed E-state index contributed by atoms with van der Waals surface area (Å²) in [4.78, 5) is 0.420. The number of sulfonamides is 1. The number of hydrogen-bond acceptors (Lipinski definition) is 3. The van der Waals surface area contributed by atoms with Crippen LogP contribution in [-0.4, -0.2) is 31.9 Å². The van der Waals surface area contributed by atoms with Crippen molar-refractivity contribution < 1.29 is 8.42 Å². The zero-order valence-corrected chi connectivity index (χ0v) is 13.8. The zero-order valence-electron chi connectivity index (χ0n) is 12.2. The van der Waals surface area contributed by atoms with Crippen LogP contribution in [0.15, 0.2) is 23.1 Å². The third-order valence-electron chi connectivity index (χ3n) is 3.88. The van der Waals surface area contributed by atoms with Gasteiger partial charge in [-0.15, -0.1) is 12.4 Å². The maximum atomic E-state index is 12.6. The van der Waals surface area contributed by atoms with Crippen molar-refractivity contribution in [1.29, 1.82) is 0 Å². The highest BCUT2D eigenvalue weighted by Gasteiger charge is 2.34. The van der Waals surface area contributed by atoms with Gasteiger partial charge in [-0.05, 0) is 44.7 Å². The van der Waals surface area contributed by atoms with Crippen LogP contribution in [0, 0.1) is 19.8 Å². The first-order chi connectivity index (χ1) is 8.82. The summed E-state index contributed by atoms with van der Waals surface area (Å²) >= 11 is 0. The van der Waals surface area contributed by atoms with Crippen LogP contribution in [0.1, 0.15) is 24.5 Å². The molecular formula is C14H23ClN2O2S. The third-order valence-corrected chi connectivity index (χ3v) is 5.90. The summed E-state index contributed by atoms with van der Waals surface area (Å²) in [5.41, 5.74) is 7.75. The van der Waals surface area contributed by atoms with Crippen molar-refractivity contribution in [2.45, 2.75) is 38.1 Å². The molecule has 1 aromatic rings. The van der Waals surface area contributed by atoms with Crippen LogP contribution in [-0.2, 0) is 10.0 Å². The Morgan fingerprint density at radius 3 is 2.50 bits per heavy atom. The van der Waals surface area contributed by atoms with E-state index < -0.39 is 10.0 Å². The molecule has 0 radical (unpaired) electrons. The molecule has 2 atom stereocenters. The molecule has 1 aliphatic heterocycles. The molecule has 114 valence electrons. The normalized spacial score (nSPS) is 21.5. The van der Waals surface area contributed by atoms with Gasteiger partial charge in [0.05, 0.1) is 4.90 Å². The topological polar surface area (TPSA) is 63.4 Å². The highest BCUT2D eigenvalue weighted by Crippen LogP contribution is 2.27. The van der Waals surface area contributed by atoms with Crippen LogP contribution in [0.5, 0.6) is 0 Å². The lowest BCUT2D eigenvalue weighted by molar-refractivity contribution is 0.429. The van der Waals surface area contributed by atoms with E-state index in [4.69, 9.17) is 5.73 Å². The minimum absolute atomic E-state index is 0. The molecule has 0 amide bonds. The Balaban J connectivity index is 0.00000200. The number of rotatable bonds is 3. The van der Waals surface area contributed by atoms with E-state index in [1.54, 1.807) is 10.4 Å². The number of halogens is 1. The molecule has 20 heavy (non-hydrogen) atoms. The van der Waals surface area contributed by atoms with E-state index in [-0.39, 0.29) is 24.4 Å². The highest BCUT2D eigenvalue weighted by atomic mass is 35.5. The number of nitrogens with zero attached hydrogens (tertiary/aromatic N) is 1. The molecule has 0 aliphatic carbocycles. The van der Waals surface area contributed by atoms with E-state index in [1.807, 2.05) is 32.9 Å². The number of hydrogen-bond donors (Lipinski definition) is 1. The van der Waals surface area contributed by atoms with Crippen LogP contribution in [0.4, 0.5) is 0 Å². The van der Waals surface area contributed by atoms with E-state index in [1.165, 1.54) is 0 Å². The van der Waals surface area contributed by atoms with Crippen LogP contribution in [0.2, 0.25) is 0 Å². The first-order valence-electron chi connectivity index (χ1n) is 6.65. The number of benzene rings is 1. The third kappa shape index (κ3) is 3.34. The molecule has 1 saturated heterocycles. The summed E-state index contributed by atoms with van der Waals surface area (Å²) < 4.78 is 26.8. The van der Waals surface area contributed by atoms with Crippen LogP contribution in [0.25, 0.3) is 0 Å². The molecule has 0 bridgehead atoms. The predicted molar refractivity (Wildman–Crippen MR) is 83.7 cm³/mol. The summed E-state index contributed by atoms with van der Waals surface area (Å²) in [6.07, 6.45) is 0.849. The Kier molecular flexibility index (Phi) is 5.61. The average Bonchev–Trinajstić information content (AvgIpc) is 2.78. The van der Waals surface area contributed by atoms with Crippen molar-refractivity contribution in [3.8, 4) is 0 Å². The average molecular weight is 319 g/mol. The van der Waals surface area contributed by atoms with Crippen molar-refractivity contribution in [3.63, 3.8) is 0 Å². The Morgan fingerprint density at radius 2 is 2.00 bits per heavy atom. The van der Waals surface area contributed by atoms with Gasteiger partial charge >= 0.3 is 0 Å². The van der Waals surface area contributed by atoms with E-state index in [0.29, 0.717) is 18.0 Å². The van der Waals surface area contributed by atoms with Crippen LogP contribution < -0.4 is 5.73 Å². The first-order valence-corrected chi connectivity index (χ1v) is 8.09. The molecule has 4 nitrogen and oxygen atoms in total. The van der Waals surface area contributed by atoms with Gasteiger partial charge < -0.3 is 5.73 Å². The molecule has 6 heteroatoms. The Hall–Kier alpha value is -0.620. The summed E-state index contributed by atoms with van der Waals surface area (Å²) in [6.45, 7) is 6.86. The van der Waals surface area contributed by atoms with Gasteiger partial charge in [-0.1, -0.05) is 17.7 Å². The maximum absolute atomic E-state index is 12.6. The number of nitrogens with two attached hydrogens (primary N) is 1. The van der Waals surface area contributed by atoms with Crippen molar-refractivity contribution >= 4 is 22.4 Å². The molecule has 2 rings (SSSR count). The molecular weight excluding hydrogens is 296 g/mol. The van der Waals surface area contributed by atoms with Gasteiger partial charge in [0.1, 0.15) is 0 Å². The molecule has 1 heterocycles. The Labute approximate surface area is 127 Å². The molecule has 1 aliphatic rings. The predicted octanol–water partition coefficient (Wildman–Crippen LogP) is 2.08. The molecule has 0 aromatic heterocycles. The quantitative estimate of drug-likeness (QED) is 0.928. The first kappa shape index (κ1) is 17.4. The second-order valence-corrected chi connectivity index (χ2v) is 7.45. The molecule has 2 unspecified atom stereocenters. The second-order valence-electron chi connectivity index (χ2n) is 5.54. The van der Waals surface area contributed by atoms with Gasteiger partial charge in [0.2, 0.25) is 10.0 Å². The van der Waals surface area contributed by atoms with Crippen LogP contribution in [0.3, 0.4) is 0 Å². The lowest BCUT2D eigenvalue weighted by Crippen LogP contribution is -2.33. The lowest BCUT2D eigenvalue weighted by Gasteiger charge is -2.19. The van der Waals surface area contributed by atoms with E-state index in [2.05, 4.69) is 0 Å². The van der Waals surface area contributed by atoms with Crippen molar-refractivity contribution in [2.75, 3.05) is 13.1 Å². The second kappa shape index (κ2) is 6.43. The van der Waals surface area contributed by atoms with Gasteiger partial charge in [-0.3, -0.25) is 0 Å². The van der Waals surface area contributed by atoms with Gasteiger partial charge in [0, 0.05) is 19.1 Å². The summed E-state index contributed by atoms with van der Waals surface area (Å²) in [5, 5.41) is 0. The fraction of sp³-hybridized carbons (Fsp3) is 0.571. The minimum Gasteiger partial charge on any atom is -0.328 e. The Bertz CT molecular complexity index is 573. The van der Waals surface area contributed by atoms with E-state index >= 15 is 0 Å². The SMILES string of the molecule is Cc1ccc(S(=O)(=O)N2CCC(C(C)N)C2)c(C)c1.Cl. The fourth-order valence-corrected chi connectivity index (χ4v) is 4.35. The highest BCUT2D eigenvalue weighted by molar-refractivity contribution is 7.89. The maximum Gasteiger partial charge on any atom is 0.243 e. The van der Waals surface area contributed by atoms with Crippen LogP contribution >= 0.6 is 12.4 Å². The van der Waals surface area contributed by atoms with Gasteiger partial charge in [0.25, 0.3) is 0 Å². The standard InChI is InChI=1S/C14H22N2O2S.ClH/c1-10-4-5-14(11(2)8-10)19(17,18)16-7-6-13(9-16)12(3)15;/h4-5,8,12-13H,6-7,9,15H2,1-3H3;1H. The van der Waals surface area contributed by atoms with Gasteiger partial charge in [-0.25, -0.2) is 8.42 Å². The van der Waals surface area contributed by atoms with Crippen molar-refractivity contribution in [1.82, 2.24) is 4.31 Å². The molecule has 1 aromatic carbocycles. The molecule has 0 spiro atoms. The Morgan fingerprint density at radius 1 is 1.35 bits per heavy atom. The fourth-order valence-electron chi connectivity index (χ4n) is 2.63. The summed E-state index contributed by atoms with van der Waals surface area (Å²) in [5.74, 6) is 0.264. The molecule has 2 N–H and O–H groups in total. The van der Waals surface area contributed by atoms with Crippen molar-refractivity contribution in [3.05, 3.63) is 29.3 Å². The minimum atomic E-state index is -3.37. The van der Waals surface area contributed by atoms with Crippen molar-refractivity contribution in [2.24, 2.45) is 11.7 Å². The molecule has 0 saturated carbocycles.